The maximum absolute atomic E-state index is 13.0. The van der Waals surface area contributed by atoms with Gasteiger partial charge in [-0.1, -0.05) is 13.3 Å². The van der Waals surface area contributed by atoms with Gasteiger partial charge in [-0.3, -0.25) is 0 Å². The van der Waals surface area contributed by atoms with Crippen molar-refractivity contribution in [2.45, 2.75) is 33.3 Å². The average molecular weight is 225 g/mol. The Morgan fingerprint density at radius 1 is 1.31 bits per heavy atom. The van der Waals surface area contributed by atoms with Crippen molar-refractivity contribution in [3.63, 3.8) is 0 Å². The van der Waals surface area contributed by atoms with Gasteiger partial charge in [0.1, 0.15) is 5.82 Å². The van der Waals surface area contributed by atoms with E-state index in [0.29, 0.717) is 5.56 Å². The summed E-state index contributed by atoms with van der Waals surface area (Å²) < 4.78 is 13.0. The molecule has 1 aromatic rings. The third-order valence-electron chi connectivity index (χ3n) is 2.72. The summed E-state index contributed by atoms with van der Waals surface area (Å²) in [7, 11) is 0. The van der Waals surface area contributed by atoms with Crippen LogP contribution in [0.15, 0.2) is 18.2 Å². The molecule has 1 rings (SSSR count). The van der Waals surface area contributed by atoms with Crippen molar-refractivity contribution < 1.29 is 9.50 Å². The lowest BCUT2D eigenvalue weighted by atomic mass is 10.1. The Kier molecular flexibility index (Phi) is 5.26. The lowest BCUT2D eigenvalue weighted by Gasteiger charge is -2.25. The van der Waals surface area contributed by atoms with Gasteiger partial charge in [0.2, 0.25) is 0 Å². The van der Waals surface area contributed by atoms with E-state index < -0.39 is 0 Å². The summed E-state index contributed by atoms with van der Waals surface area (Å²) in [5, 5.41) is 9.22. The summed E-state index contributed by atoms with van der Waals surface area (Å²) in [6, 6.07) is 4.60. The molecular weight excluding hydrogens is 205 g/mol. The minimum absolute atomic E-state index is 0.115. The molecule has 1 aromatic carbocycles. The first kappa shape index (κ1) is 13.0. The van der Waals surface area contributed by atoms with Crippen LogP contribution in [-0.2, 0) is 6.61 Å². The highest BCUT2D eigenvalue weighted by Crippen LogP contribution is 2.22. The standard InChI is InChI=1S/C13H20FNO/c1-3-5-8-15(4-2)13-7-6-12(14)9-11(13)10-16/h6-7,9,16H,3-5,8,10H2,1-2H3. The first-order valence-electron chi connectivity index (χ1n) is 5.87. The van der Waals surface area contributed by atoms with Gasteiger partial charge in [0, 0.05) is 24.3 Å². The average Bonchev–Trinajstić information content (AvgIpc) is 2.31. The molecule has 1 N–H and O–H groups in total. The van der Waals surface area contributed by atoms with Gasteiger partial charge < -0.3 is 10.0 Å². The quantitative estimate of drug-likeness (QED) is 0.804. The maximum Gasteiger partial charge on any atom is 0.123 e. The molecule has 0 atom stereocenters. The zero-order chi connectivity index (χ0) is 12.0. The number of halogens is 1. The number of anilines is 1. The van der Waals surface area contributed by atoms with Gasteiger partial charge in [0.05, 0.1) is 6.61 Å². The lowest BCUT2D eigenvalue weighted by molar-refractivity contribution is 0.281. The van der Waals surface area contributed by atoms with Gasteiger partial charge in [-0.2, -0.15) is 0 Å². The topological polar surface area (TPSA) is 23.5 Å². The van der Waals surface area contributed by atoms with E-state index in [1.165, 1.54) is 12.1 Å². The van der Waals surface area contributed by atoms with Crippen LogP contribution in [0.4, 0.5) is 10.1 Å². The van der Waals surface area contributed by atoms with Crippen LogP contribution in [0.5, 0.6) is 0 Å². The Morgan fingerprint density at radius 2 is 2.06 bits per heavy atom. The molecule has 2 nitrogen and oxygen atoms in total. The molecule has 3 heteroatoms. The maximum atomic E-state index is 13.0. The zero-order valence-corrected chi connectivity index (χ0v) is 10.0. The molecule has 0 saturated carbocycles. The third-order valence-corrected chi connectivity index (χ3v) is 2.72. The molecule has 0 radical (unpaired) electrons. The number of benzene rings is 1. The molecule has 0 spiro atoms. The number of nitrogens with zero attached hydrogens (tertiary/aromatic N) is 1. The normalized spacial score (nSPS) is 10.5. The number of hydrogen-bond donors (Lipinski definition) is 1. The van der Waals surface area contributed by atoms with Crippen LogP contribution in [0.25, 0.3) is 0 Å². The molecule has 16 heavy (non-hydrogen) atoms. The van der Waals surface area contributed by atoms with Crippen molar-refractivity contribution in [2.75, 3.05) is 18.0 Å². The fraction of sp³-hybridized carbons (Fsp3) is 0.538. The van der Waals surface area contributed by atoms with E-state index in [2.05, 4.69) is 18.7 Å². The number of aliphatic hydroxyl groups excluding tert-OH is 1. The summed E-state index contributed by atoms with van der Waals surface area (Å²) in [4.78, 5) is 2.18. The van der Waals surface area contributed by atoms with Crippen LogP contribution in [0, 0.1) is 5.82 Å². The highest BCUT2D eigenvalue weighted by Gasteiger charge is 2.09. The molecule has 0 unspecified atom stereocenters. The summed E-state index contributed by atoms with van der Waals surface area (Å²) >= 11 is 0. The molecule has 0 heterocycles. The van der Waals surface area contributed by atoms with Crippen LogP contribution < -0.4 is 4.90 Å². The molecule has 0 amide bonds. The molecule has 0 aliphatic heterocycles. The van der Waals surface area contributed by atoms with Gasteiger partial charge in [0.25, 0.3) is 0 Å². The van der Waals surface area contributed by atoms with Gasteiger partial charge in [-0.25, -0.2) is 4.39 Å². The second-order valence-electron chi connectivity index (χ2n) is 3.86. The summed E-state index contributed by atoms with van der Waals surface area (Å²) in [6.45, 7) is 5.92. The molecule has 90 valence electrons. The highest BCUT2D eigenvalue weighted by atomic mass is 19.1. The molecule has 0 aliphatic carbocycles. The van der Waals surface area contributed by atoms with Crippen molar-refractivity contribution in [3.05, 3.63) is 29.6 Å². The SMILES string of the molecule is CCCCN(CC)c1ccc(F)cc1CO. The fourth-order valence-corrected chi connectivity index (χ4v) is 1.79. The van der Waals surface area contributed by atoms with Crippen molar-refractivity contribution in [3.8, 4) is 0 Å². The van der Waals surface area contributed by atoms with Crippen molar-refractivity contribution >= 4 is 5.69 Å². The first-order valence-corrected chi connectivity index (χ1v) is 5.87. The Balaban J connectivity index is 2.90. The van der Waals surface area contributed by atoms with Crippen molar-refractivity contribution in [2.24, 2.45) is 0 Å². The molecular formula is C13H20FNO. The predicted octanol–water partition coefficient (Wildman–Crippen LogP) is 2.94. The molecule has 0 aromatic heterocycles. The number of aliphatic hydroxyl groups is 1. The van der Waals surface area contributed by atoms with E-state index in [4.69, 9.17) is 0 Å². The van der Waals surface area contributed by atoms with Gasteiger partial charge in [-0.15, -0.1) is 0 Å². The van der Waals surface area contributed by atoms with Crippen molar-refractivity contribution in [1.82, 2.24) is 0 Å². The molecule has 0 aliphatic rings. The molecule has 0 bridgehead atoms. The zero-order valence-electron chi connectivity index (χ0n) is 10.0. The van der Waals surface area contributed by atoms with E-state index >= 15 is 0 Å². The molecule has 0 saturated heterocycles. The summed E-state index contributed by atoms with van der Waals surface area (Å²) in [5.41, 5.74) is 1.61. The Labute approximate surface area is 96.7 Å². The van der Waals surface area contributed by atoms with Gasteiger partial charge in [-0.05, 0) is 31.5 Å². The van der Waals surface area contributed by atoms with E-state index in [9.17, 15) is 9.50 Å². The number of hydrogen-bond acceptors (Lipinski definition) is 2. The van der Waals surface area contributed by atoms with Crippen LogP contribution in [0.1, 0.15) is 32.3 Å². The van der Waals surface area contributed by atoms with Crippen LogP contribution in [-0.4, -0.2) is 18.2 Å². The number of rotatable bonds is 6. The summed E-state index contributed by atoms with van der Waals surface area (Å²) in [6.07, 6.45) is 2.24. The molecule has 0 fully saturated rings. The van der Waals surface area contributed by atoms with Crippen LogP contribution >= 0.6 is 0 Å². The van der Waals surface area contributed by atoms with Crippen LogP contribution in [0.3, 0.4) is 0 Å². The second kappa shape index (κ2) is 6.48. The predicted molar refractivity (Wildman–Crippen MR) is 65.1 cm³/mol. The van der Waals surface area contributed by atoms with Gasteiger partial charge >= 0.3 is 0 Å². The smallest absolute Gasteiger partial charge is 0.123 e. The van der Waals surface area contributed by atoms with Crippen LogP contribution in [0.2, 0.25) is 0 Å². The van der Waals surface area contributed by atoms with E-state index in [-0.39, 0.29) is 12.4 Å². The third kappa shape index (κ3) is 3.20. The largest absolute Gasteiger partial charge is 0.392 e. The van der Waals surface area contributed by atoms with E-state index in [1.54, 1.807) is 6.07 Å². The van der Waals surface area contributed by atoms with Gasteiger partial charge in [0.15, 0.2) is 0 Å². The van der Waals surface area contributed by atoms with E-state index in [1.807, 2.05) is 0 Å². The van der Waals surface area contributed by atoms with E-state index in [0.717, 1.165) is 31.6 Å². The monoisotopic (exact) mass is 225 g/mol. The first-order chi connectivity index (χ1) is 7.72. The minimum atomic E-state index is -0.292. The minimum Gasteiger partial charge on any atom is -0.392 e. The Morgan fingerprint density at radius 3 is 2.62 bits per heavy atom. The summed E-state index contributed by atoms with van der Waals surface area (Å²) in [5.74, 6) is -0.292. The number of unbranched alkanes of at least 4 members (excludes halogenated alkanes) is 1. The lowest BCUT2D eigenvalue weighted by Crippen LogP contribution is -2.25. The Hall–Kier alpha value is -1.09. The van der Waals surface area contributed by atoms with Crippen molar-refractivity contribution in [1.29, 1.82) is 0 Å². The Bertz CT molecular complexity index is 328. The second-order valence-corrected chi connectivity index (χ2v) is 3.86. The highest BCUT2D eigenvalue weighted by molar-refractivity contribution is 5.53. The fourth-order valence-electron chi connectivity index (χ4n) is 1.79.